The molecule has 27 heavy (non-hydrogen) atoms. The summed E-state index contributed by atoms with van der Waals surface area (Å²) in [5.74, 6) is 0.502. The van der Waals surface area contributed by atoms with Crippen LogP contribution in [0.3, 0.4) is 0 Å². The van der Waals surface area contributed by atoms with Crippen molar-refractivity contribution in [3.8, 4) is 16.3 Å². The SMILES string of the molecule is CCOc1ccc(-c2nc(CC(=O)NCCS(=O)(=O)C(C)(C)C)cs2)cc1. The number of hydrogen-bond acceptors (Lipinski definition) is 6. The fourth-order valence-electron chi connectivity index (χ4n) is 2.24. The lowest BCUT2D eigenvalue weighted by molar-refractivity contribution is -0.120. The first-order chi connectivity index (χ1) is 12.6. The van der Waals surface area contributed by atoms with Crippen molar-refractivity contribution < 1.29 is 17.9 Å². The van der Waals surface area contributed by atoms with E-state index < -0.39 is 14.6 Å². The number of nitrogens with one attached hydrogen (secondary N) is 1. The maximum Gasteiger partial charge on any atom is 0.226 e. The van der Waals surface area contributed by atoms with Crippen molar-refractivity contribution in [3.05, 3.63) is 35.3 Å². The largest absolute Gasteiger partial charge is 0.494 e. The number of ether oxygens (including phenoxy) is 1. The monoisotopic (exact) mass is 410 g/mol. The molecule has 0 atom stereocenters. The lowest BCUT2D eigenvalue weighted by Crippen LogP contribution is -2.36. The summed E-state index contributed by atoms with van der Waals surface area (Å²) >= 11 is 1.47. The fraction of sp³-hybridized carbons (Fsp3) is 0.474. The van der Waals surface area contributed by atoms with Crippen molar-refractivity contribution in [3.63, 3.8) is 0 Å². The summed E-state index contributed by atoms with van der Waals surface area (Å²) in [4.78, 5) is 16.5. The first-order valence-corrected chi connectivity index (χ1v) is 11.3. The molecule has 0 aliphatic rings. The lowest BCUT2D eigenvalue weighted by Gasteiger charge is -2.19. The number of thiazole rings is 1. The highest BCUT2D eigenvalue weighted by atomic mass is 32.2. The second kappa shape index (κ2) is 8.84. The third kappa shape index (κ3) is 6.04. The van der Waals surface area contributed by atoms with Gasteiger partial charge < -0.3 is 10.1 Å². The molecule has 0 radical (unpaired) electrons. The molecule has 148 valence electrons. The Labute approximate surface area is 164 Å². The van der Waals surface area contributed by atoms with E-state index in [4.69, 9.17) is 4.74 Å². The van der Waals surface area contributed by atoms with Crippen LogP contribution in [-0.2, 0) is 21.1 Å². The van der Waals surface area contributed by atoms with Crippen LogP contribution in [0.4, 0.5) is 0 Å². The van der Waals surface area contributed by atoms with Gasteiger partial charge in [-0.25, -0.2) is 13.4 Å². The molecule has 1 amide bonds. The second-order valence-corrected chi connectivity index (χ2v) is 10.8. The zero-order valence-electron chi connectivity index (χ0n) is 16.1. The standard InChI is InChI=1S/C19H26N2O4S2/c1-5-25-16-8-6-14(7-9-16)18-21-15(13-26-18)12-17(22)20-10-11-27(23,24)19(2,3)4/h6-9,13H,5,10-12H2,1-4H3,(H,20,22). The molecule has 1 N–H and O–H groups in total. The van der Waals surface area contributed by atoms with Gasteiger partial charge in [0, 0.05) is 17.5 Å². The Bertz CT molecular complexity index is 866. The Morgan fingerprint density at radius 2 is 1.89 bits per heavy atom. The van der Waals surface area contributed by atoms with Gasteiger partial charge in [-0.2, -0.15) is 0 Å². The van der Waals surface area contributed by atoms with Gasteiger partial charge in [-0.1, -0.05) is 0 Å². The molecule has 0 aliphatic heterocycles. The summed E-state index contributed by atoms with van der Waals surface area (Å²) in [5.41, 5.74) is 1.63. The smallest absolute Gasteiger partial charge is 0.226 e. The lowest BCUT2D eigenvalue weighted by atomic mass is 10.2. The van der Waals surface area contributed by atoms with Crippen molar-refractivity contribution in [2.24, 2.45) is 0 Å². The molecule has 0 aliphatic carbocycles. The average molecular weight is 411 g/mol. The van der Waals surface area contributed by atoms with E-state index in [2.05, 4.69) is 10.3 Å². The molecule has 0 saturated carbocycles. The van der Waals surface area contributed by atoms with E-state index in [0.29, 0.717) is 12.3 Å². The predicted octanol–water partition coefficient (Wildman–Crippen LogP) is 3.08. The third-order valence-electron chi connectivity index (χ3n) is 3.93. The fourth-order valence-corrected chi connectivity index (χ4v) is 4.05. The molecular formula is C19H26N2O4S2. The maximum absolute atomic E-state index is 12.1. The molecule has 0 unspecified atom stereocenters. The van der Waals surface area contributed by atoms with E-state index in [9.17, 15) is 13.2 Å². The van der Waals surface area contributed by atoms with Crippen LogP contribution in [0.15, 0.2) is 29.6 Å². The highest BCUT2D eigenvalue weighted by molar-refractivity contribution is 7.92. The summed E-state index contributed by atoms with van der Waals surface area (Å²) < 4.78 is 28.7. The van der Waals surface area contributed by atoms with Crippen LogP contribution >= 0.6 is 11.3 Å². The number of nitrogens with zero attached hydrogens (tertiary/aromatic N) is 1. The average Bonchev–Trinajstić information content (AvgIpc) is 3.03. The maximum atomic E-state index is 12.1. The van der Waals surface area contributed by atoms with E-state index in [1.165, 1.54) is 11.3 Å². The molecule has 6 nitrogen and oxygen atoms in total. The molecule has 0 bridgehead atoms. The number of aromatic nitrogens is 1. The highest BCUT2D eigenvalue weighted by Gasteiger charge is 2.28. The van der Waals surface area contributed by atoms with Gasteiger partial charge in [0.05, 0.1) is 29.2 Å². The number of sulfone groups is 1. The van der Waals surface area contributed by atoms with Gasteiger partial charge in [-0.05, 0) is 52.0 Å². The van der Waals surface area contributed by atoms with E-state index in [1.807, 2.05) is 36.6 Å². The molecule has 1 aromatic carbocycles. The predicted molar refractivity (Wildman–Crippen MR) is 109 cm³/mol. The van der Waals surface area contributed by atoms with Gasteiger partial charge in [-0.3, -0.25) is 4.79 Å². The minimum absolute atomic E-state index is 0.0727. The Balaban J connectivity index is 1.89. The van der Waals surface area contributed by atoms with E-state index >= 15 is 0 Å². The van der Waals surface area contributed by atoms with Gasteiger partial charge in [0.25, 0.3) is 0 Å². The van der Waals surface area contributed by atoms with E-state index in [1.54, 1.807) is 20.8 Å². The number of carbonyl (C=O) groups is 1. The van der Waals surface area contributed by atoms with Crippen molar-refractivity contribution in [1.29, 1.82) is 0 Å². The Morgan fingerprint density at radius 3 is 2.48 bits per heavy atom. The Morgan fingerprint density at radius 1 is 1.22 bits per heavy atom. The first kappa shape index (κ1) is 21.4. The summed E-state index contributed by atoms with van der Waals surface area (Å²) in [5, 5.41) is 5.33. The van der Waals surface area contributed by atoms with Crippen LogP contribution in [-0.4, -0.2) is 43.0 Å². The molecule has 1 aromatic heterocycles. The van der Waals surface area contributed by atoms with Crippen LogP contribution in [0.1, 0.15) is 33.4 Å². The van der Waals surface area contributed by atoms with Gasteiger partial charge >= 0.3 is 0 Å². The molecule has 0 fully saturated rings. The zero-order chi connectivity index (χ0) is 20.1. The summed E-state index contributed by atoms with van der Waals surface area (Å²) in [6, 6.07) is 7.65. The zero-order valence-corrected chi connectivity index (χ0v) is 17.7. The first-order valence-electron chi connectivity index (χ1n) is 8.79. The van der Waals surface area contributed by atoms with Crippen LogP contribution < -0.4 is 10.1 Å². The van der Waals surface area contributed by atoms with Gasteiger partial charge in [-0.15, -0.1) is 11.3 Å². The van der Waals surface area contributed by atoms with E-state index in [-0.39, 0.29) is 24.6 Å². The molecule has 1 heterocycles. The van der Waals surface area contributed by atoms with Crippen molar-refractivity contribution in [2.45, 2.75) is 38.9 Å². The highest BCUT2D eigenvalue weighted by Crippen LogP contribution is 2.26. The van der Waals surface area contributed by atoms with Gasteiger partial charge in [0.1, 0.15) is 10.8 Å². The van der Waals surface area contributed by atoms with Gasteiger partial charge in [0.2, 0.25) is 5.91 Å². The van der Waals surface area contributed by atoms with Crippen LogP contribution in [0.25, 0.3) is 10.6 Å². The number of benzene rings is 1. The molecule has 8 heteroatoms. The Hall–Kier alpha value is -1.93. The van der Waals surface area contributed by atoms with Crippen molar-refractivity contribution in [2.75, 3.05) is 18.9 Å². The van der Waals surface area contributed by atoms with Gasteiger partial charge in [0.15, 0.2) is 9.84 Å². The van der Waals surface area contributed by atoms with Crippen LogP contribution in [0, 0.1) is 0 Å². The quantitative estimate of drug-likeness (QED) is 0.723. The third-order valence-corrected chi connectivity index (χ3v) is 7.48. The minimum atomic E-state index is -3.24. The number of amides is 1. The van der Waals surface area contributed by atoms with Crippen LogP contribution in [0.2, 0.25) is 0 Å². The summed E-state index contributed by atoms with van der Waals surface area (Å²) in [6.07, 6.45) is 0.128. The number of carbonyl (C=O) groups excluding carboxylic acids is 1. The minimum Gasteiger partial charge on any atom is -0.494 e. The summed E-state index contributed by atoms with van der Waals surface area (Å²) in [6.45, 7) is 7.62. The van der Waals surface area contributed by atoms with E-state index in [0.717, 1.165) is 16.3 Å². The van der Waals surface area contributed by atoms with Crippen molar-refractivity contribution >= 4 is 27.1 Å². The molecular weight excluding hydrogens is 384 g/mol. The Kier molecular flexibility index (Phi) is 7.00. The number of hydrogen-bond donors (Lipinski definition) is 1. The topological polar surface area (TPSA) is 85.4 Å². The summed E-state index contributed by atoms with van der Waals surface area (Å²) in [7, 11) is -3.24. The molecule has 0 saturated heterocycles. The molecule has 2 aromatic rings. The van der Waals surface area contributed by atoms with Crippen LogP contribution in [0.5, 0.6) is 5.75 Å². The van der Waals surface area contributed by atoms with Crippen molar-refractivity contribution in [1.82, 2.24) is 10.3 Å². The molecule has 0 spiro atoms. The number of rotatable bonds is 8. The molecule has 2 rings (SSSR count). The second-order valence-electron chi connectivity index (χ2n) is 7.06. The normalized spacial score (nSPS) is 12.0.